The number of rotatable bonds is 8. The number of para-hydroxylation sites is 2. The Labute approximate surface area is 198 Å². The van der Waals surface area contributed by atoms with Crippen LogP contribution in [0.15, 0.2) is 54.0 Å². The lowest BCUT2D eigenvalue weighted by Gasteiger charge is -2.08. The summed E-state index contributed by atoms with van der Waals surface area (Å²) in [7, 11) is 1.55. The van der Waals surface area contributed by atoms with E-state index in [1.165, 1.54) is 22.7 Å². The summed E-state index contributed by atoms with van der Waals surface area (Å²) < 4.78 is 10.7. The molecule has 0 saturated carbocycles. The van der Waals surface area contributed by atoms with Gasteiger partial charge in [0.2, 0.25) is 5.91 Å². The Morgan fingerprint density at radius 2 is 1.91 bits per heavy atom. The van der Waals surface area contributed by atoms with Gasteiger partial charge in [0.05, 0.1) is 36.3 Å². The van der Waals surface area contributed by atoms with Crippen molar-refractivity contribution in [2.24, 2.45) is 0 Å². The van der Waals surface area contributed by atoms with Crippen molar-refractivity contribution in [3.8, 4) is 16.5 Å². The van der Waals surface area contributed by atoms with Crippen LogP contribution in [0.3, 0.4) is 0 Å². The van der Waals surface area contributed by atoms with Crippen molar-refractivity contribution in [2.75, 3.05) is 12.4 Å². The van der Waals surface area contributed by atoms with Crippen LogP contribution in [-0.4, -0.2) is 33.9 Å². The fourth-order valence-corrected chi connectivity index (χ4v) is 4.68. The van der Waals surface area contributed by atoms with Crippen LogP contribution in [0.2, 0.25) is 0 Å². The molecule has 1 amide bonds. The van der Waals surface area contributed by atoms with Crippen LogP contribution in [0.1, 0.15) is 26.1 Å². The van der Waals surface area contributed by atoms with E-state index in [-0.39, 0.29) is 18.9 Å². The van der Waals surface area contributed by atoms with E-state index in [9.17, 15) is 9.59 Å². The second-order valence-electron chi connectivity index (χ2n) is 6.88. The molecule has 3 heterocycles. The number of hydrogen-bond acceptors (Lipinski definition) is 9. The molecule has 8 nitrogen and oxygen atoms in total. The molecule has 0 aliphatic rings. The van der Waals surface area contributed by atoms with Crippen molar-refractivity contribution in [3.63, 3.8) is 0 Å². The van der Waals surface area contributed by atoms with Crippen molar-refractivity contribution in [1.82, 2.24) is 15.0 Å². The van der Waals surface area contributed by atoms with Crippen LogP contribution in [0.4, 0.5) is 5.69 Å². The van der Waals surface area contributed by atoms with Gasteiger partial charge in [-0.15, -0.1) is 22.7 Å². The zero-order chi connectivity index (χ0) is 23.2. The van der Waals surface area contributed by atoms with E-state index in [0.717, 1.165) is 0 Å². The Hall–Kier alpha value is -3.63. The molecule has 1 aromatic carbocycles. The normalized spacial score (nSPS) is 10.6. The van der Waals surface area contributed by atoms with Gasteiger partial charge in [-0.25, -0.2) is 14.8 Å². The van der Waals surface area contributed by atoms with Gasteiger partial charge in [0.1, 0.15) is 27.2 Å². The highest BCUT2D eigenvalue weighted by molar-refractivity contribution is 7.17. The SMILES string of the molecule is COc1ccccc1NC(=O)Cc1nc(COC(=O)c2sc(-c3ccccn3)nc2C)cs1. The van der Waals surface area contributed by atoms with Gasteiger partial charge in [0.15, 0.2) is 0 Å². The molecule has 0 bridgehead atoms. The topological polar surface area (TPSA) is 103 Å². The van der Waals surface area contributed by atoms with Gasteiger partial charge >= 0.3 is 5.97 Å². The average molecular weight is 481 g/mol. The number of nitrogens with one attached hydrogen (secondary N) is 1. The predicted octanol–water partition coefficient (Wildman–Crippen LogP) is 4.52. The van der Waals surface area contributed by atoms with E-state index in [1.54, 1.807) is 37.7 Å². The van der Waals surface area contributed by atoms with Crippen molar-refractivity contribution >= 4 is 40.2 Å². The van der Waals surface area contributed by atoms with E-state index in [2.05, 4.69) is 20.3 Å². The lowest BCUT2D eigenvalue weighted by molar-refractivity contribution is -0.115. The molecule has 10 heteroatoms. The molecular formula is C23H20N4O4S2. The molecule has 4 aromatic rings. The Morgan fingerprint density at radius 3 is 2.70 bits per heavy atom. The molecule has 168 valence electrons. The smallest absolute Gasteiger partial charge is 0.350 e. The molecule has 0 spiro atoms. The van der Waals surface area contributed by atoms with Crippen LogP contribution in [0.25, 0.3) is 10.7 Å². The third-order valence-electron chi connectivity index (χ3n) is 4.51. The minimum absolute atomic E-state index is 0.0136. The number of methoxy groups -OCH3 is 1. The first-order chi connectivity index (χ1) is 16.0. The number of hydrogen-bond donors (Lipinski definition) is 1. The summed E-state index contributed by atoms with van der Waals surface area (Å²) in [5.41, 5.74) is 2.49. The number of thiazole rings is 2. The second kappa shape index (κ2) is 10.3. The summed E-state index contributed by atoms with van der Waals surface area (Å²) in [6.45, 7) is 1.78. The molecule has 33 heavy (non-hydrogen) atoms. The third kappa shape index (κ3) is 5.60. The van der Waals surface area contributed by atoms with Crippen LogP contribution in [0.5, 0.6) is 5.75 Å². The van der Waals surface area contributed by atoms with E-state index < -0.39 is 5.97 Å². The molecule has 0 atom stereocenters. The number of esters is 1. The highest BCUT2D eigenvalue weighted by Gasteiger charge is 2.19. The maximum absolute atomic E-state index is 12.6. The number of ether oxygens (including phenoxy) is 2. The summed E-state index contributed by atoms with van der Waals surface area (Å²) in [6.07, 6.45) is 1.79. The molecular weight excluding hydrogens is 460 g/mol. The fourth-order valence-electron chi connectivity index (χ4n) is 2.97. The van der Waals surface area contributed by atoms with Crippen LogP contribution in [-0.2, 0) is 22.6 Å². The standard InChI is InChI=1S/C23H20N4O4S2/c1-14-21(33-22(25-14)17-8-5-6-10-24-17)23(29)31-12-15-13-32-20(26-15)11-19(28)27-16-7-3-4-9-18(16)30-2/h3-10,13H,11-12H2,1-2H3,(H,27,28). The summed E-state index contributed by atoms with van der Waals surface area (Å²) in [5.74, 6) is -0.0856. The van der Waals surface area contributed by atoms with Gasteiger partial charge in [0.25, 0.3) is 0 Å². The molecule has 4 rings (SSSR count). The molecule has 0 saturated heterocycles. The quantitative estimate of drug-likeness (QED) is 0.370. The summed E-state index contributed by atoms with van der Waals surface area (Å²) in [6, 6.07) is 12.7. The number of anilines is 1. The van der Waals surface area contributed by atoms with Gasteiger partial charge in [0, 0.05) is 11.6 Å². The maximum Gasteiger partial charge on any atom is 0.350 e. The number of carbonyl (C=O) groups excluding carboxylic acids is 2. The first kappa shape index (κ1) is 22.6. The number of pyridine rings is 1. The fraction of sp³-hybridized carbons (Fsp3) is 0.174. The molecule has 3 aromatic heterocycles. The highest BCUT2D eigenvalue weighted by Crippen LogP contribution is 2.27. The van der Waals surface area contributed by atoms with Crippen molar-refractivity contribution in [3.05, 3.63) is 75.3 Å². The highest BCUT2D eigenvalue weighted by atomic mass is 32.1. The van der Waals surface area contributed by atoms with Crippen LogP contribution >= 0.6 is 22.7 Å². The van der Waals surface area contributed by atoms with Gasteiger partial charge in [-0.05, 0) is 31.2 Å². The second-order valence-corrected chi connectivity index (χ2v) is 8.82. The van der Waals surface area contributed by atoms with Crippen LogP contribution in [0, 0.1) is 6.92 Å². The predicted molar refractivity (Wildman–Crippen MR) is 127 cm³/mol. The van der Waals surface area contributed by atoms with E-state index in [1.807, 2.05) is 30.3 Å². The monoisotopic (exact) mass is 480 g/mol. The third-order valence-corrected chi connectivity index (χ3v) is 6.57. The number of aromatic nitrogens is 3. The van der Waals surface area contributed by atoms with Crippen molar-refractivity contribution < 1.29 is 19.1 Å². The number of aryl methyl sites for hydroxylation is 1. The number of amides is 1. The van der Waals surface area contributed by atoms with Gasteiger partial charge < -0.3 is 14.8 Å². The van der Waals surface area contributed by atoms with Crippen molar-refractivity contribution in [2.45, 2.75) is 20.0 Å². The van der Waals surface area contributed by atoms with Gasteiger partial charge in [-0.3, -0.25) is 9.78 Å². The van der Waals surface area contributed by atoms with E-state index in [4.69, 9.17) is 9.47 Å². The molecule has 0 aliphatic carbocycles. The van der Waals surface area contributed by atoms with E-state index >= 15 is 0 Å². The summed E-state index contributed by atoms with van der Waals surface area (Å²) in [5, 5.41) is 5.88. The largest absolute Gasteiger partial charge is 0.495 e. The van der Waals surface area contributed by atoms with Gasteiger partial charge in [-0.2, -0.15) is 0 Å². The first-order valence-corrected chi connectivity index (χ1v) is 11.6. The minimum Gasteiger partial charge on any atom is -0.495 e. The van der Waals surface area contributed by atoms with Crippen molar-refractivity contribution in [1.29, 1.82) is 0 Å². The Morgan fingerprint density at radius 1 is 1.09 bits per heavy atom. The maximum atomic E-state index is 12.6. The molecule has 1 N–H and O–H groups in total. The van der Waals surface area contributed by atoms with Crippen LogP contribution < -0.4 is 10.1 Å². The Kier molecular flexibility index (Phi) is 7.06. The number of carbonyl (C=O) groups is 2. The molecule has 0 unspecified atom stereocenters. The zero-order valence-electron chi connectivity index (χ0n) is 17.9. The lowest BCUT2D eigenvalue weighted by atomic mass is 10.3. The number of nitrogens with zero attached hydrogens (tertiary/aromatic N) is 3. The molecule has 0 fully saturated rings. The Balaban J connectivity index is 1.33. The minimum atomic E-state index is -0.462. The molecule has 0 radical (unpaired) electrons. The van der Waals surface area contributed by atoms with Gasteiger partial charge in [-0.1, -0.05) is 18.2 Å². The summed E-state index contributed by atoms with van der Waals surface area (Å²) in [4.78, 5) is 38.5. The van der Waals surface area contributed by atoms with E-state index in [0.29, 0.717) is 43.4 Å². The zero-order valence-corrected chi connectivity index (χ0v) is 19.5. The Bertz CT molecular complexity index is 1270. The first-order valence-electron chi connectivity index (χ1n) is 9.95. The average Bonchev–Trinajstić information content (AvgIpc) is 3.44. The molecule has 0 aliphatic heterocycles. The number of benzene rings is 1. The lowest BCUT2D eigenvalue weighted by Crippen LogP contribution is -2.15. The summed E-state index contributed by atoms with van der Waals surface area (Å²) >= 11 is 2.58.